The Kier molecular flexibility index (Phi) is 3.58. The van der Waals surface area contributed by atoms with Crippen LogP contribution in [0.1, 0.15) is 29.5 Å². The highest BCUT2D eigenvalue weighted by molar-refractivity contribution is 5.35. The van der Waals surface area contributed by atoms with E-state index >= 15 is 0 Å². The predicted molar refractivity (Wildman–Crippen MR) is 69.2 cm³/mol. The number of hydrogen-bond acceptors (Lipinski definition) is 1. The fraction of sp³-hybridized carbons (Fsp3) is 0.333. The smallest absolute Gasteiger partial charge is 0.0178 e. The monoisotopic (exact) mass is 213 g/mol. The summed E-state index contributed by atoms with van der Waals surface area (Å²) in [5.41, 5.74) is 11.2. The zero-order valence-electron chi connectivity index (χ0n) is 9.87. The fourth-order valence-electron chi connectivity index (χ4n) is 2.13. The average Bonchev–Trinajstić information content (AvgIpc) is 2.33. The van der Waals surface area contributed by atoms with Crippen molar-refractivity contribution in [1.82, 2.24) is 0 Å². The SMILES string of the molecule is Cc1cc(CN)ccc1CC1=CC=CCC1. The Morgan fingerprint density at radius 2 is 2.19 bits per heavy atom. The molecule has 0 spiro atoms. The van der Waals surface area contributed by atoms with Gasteiger partial charge in [0.15, 0.2) is 0 Å². The van der Waals surface area contributed by atoms with Crippen molar-refractivity contribution in [3.8, 4) is 0 Å². The third-order valence-electron chi connectivity index (χ3n) is 3.16. The molecule has 1 aliphatic carbocycles. The minimum atomic E-state index is 0.632. The second-order valence-electron chi connectivity index (χ2n) is 4.43. The Morgan fingerprint density at radius 1 is 1.31 bits per heavy atom. The van der Waals surface area contributed by atoms with Gasteiger partial charge in [-0.15, -0.1) is 0 Å². The summed E-state index contributed by atoms with van der Waals surface area (Å²) in [6.07, 6.45) is 10.1. The van der Waals surface area contributed by atoms with Gasteiger partial charge >= 0.3 is 0 Å². The number of aryl methyl sites for hydroxylation is 1. The molecule has 1 aromatic rings. The first-order valence-electron chi connectivity index (χ1n) is 5.92. The van der Waals surface area contributed by atoms with E-state index in [0.717, 1.165) is 6.42 Å². The van der Waals surface area contributed by atoms with Crippen LogP contribution >= 0.6 is 0 Å². The maximum absolute atomic E-state index is 5.63. The molecule has 0 fully saturated rings. The molecule has 1 aliphatic rings. The Morgan fingerprint density at radius 3 is 2.81 bits per heavy atom. The van der Waals surface area contributed by atoms with Crippen LogP contribution in [-0.4, -0.2) is 0 Å². The number of hydrogen-bond donors (Lipinski definition) is 1. The third kappa shape index (κ3) is 2.61. The van der Waals surface area contributed by atoms with Crippen molar-refractivity contribution in [2.75, 3.05) is 0 Å². The molecule has 0 radical (unpaired) electrons. The van der Waals surface area contributed by atoms with Crippen molar-refractivity contribution in [3.63, 3.8) is 0 Å². The molecule has 0 saturated heterocycles. The molecule has 0 saturated carbocycles. The van der Waals surface area contributed by atoms with E-state index in [1.54, 1.807) is 0 Å². The van der Waals surface area contributed by atoms with Crippen LogP contribution in [0.25, 0.3) is 0 Å². The fourth-order valence-corrected chi connectivity index (χ4v) is 2.13. The number of rotatable bonds is 3. The van der Waals surface area contributed by atoms with E-state index < -0.39 is 0 Å². The van der Waals surface area contributed by atoms with E-state index in [0.29, 0.717) is 6.54 Å². The van der Waals surface area contributed by atoms with Gasteiger partial charge in [-0.2, -0.15) is 0 Å². The second-order valence-corrected chi connectivity index (χ2v) is 4.43. The molecule has 0 amide bonds. The molecule has 0 unspecified atom stereocenters. The van der Waals surface area contributed by atoms with Crippen LogP contribution in [-0.2, 0) is 13.0 Å². The van der Waals surface area contributed by atoms with Gasteiger partial charge in [0, 0.05) is 6.54 Å². The van der Waals surface area contributed by atoms with Crippen LogP contribution in [0.15, 0.2) is 42.0 Å². The van der Waals surface area contributed by atoms with Crippen LogP contribution in [0.4, 0.5) is 0 Å². The number of allylic oxidation sites excluding steroid dienone is 4. The molecule has 2 rings (SSSR count). The topological polar surface area (TPSA) is 26.0 Å². The maximum atomic E-state index is 5.63. The van der Waals surface area contributed by atoms with Gasteiger partial charge in [-0.25, -0.2) is 0 Å². The van der Waals surface area contributed by atoms with Crippen molar-refractivity contribution in [1.29, 1.82) is 0 Å². The zero-order chi connectivity index (χ0) is 11.4. The van der Waals surface area contributed by atoms with Crippen molar-refractivity contribution in [2.24, 2.45) is 5.73 Å². The highest BCUT2D eigenvalue weighted by Gasteiger charge is 2.04. The van der Waals surface area contributed by atoms with Gasteiger partial charge in [0.1, 0.15) is 0 Å². The summed E-state index contributed by atoms with van der Waals surface area (Å²) in [4.78, 5) is 0. The predicted octanol–water partition coefficient (Wildman–Crippen LogP) is 3.27. The van der Waals surface area contributed by atoms with Gasteiger partial charge in [0.05, 0.1) is 0 Å². The lowest BCUT2D eigenvalue weighted by Crippen LogP contribution is -2.00. The Balaban J connectivity index is 2.15. The molecule has 1 aromatic carbocycles. The van der Waals surface area contributed by atoms with Crippen LogP contribution in [0.5, 0.6) is 0 Å². The van der Waals surface area contributed by atoms with Gasteiger partial charge in [0.2, 0.25) is 0 Å². The molecular formula is C15H19N. The van der Waals surface area contributed by atoms with E-state index in [9.17, 15) is 0 Å². The molecule has 0 bridgehead atoms. The molecule has 16 heavy (non-hydrogen) atoms. The summed E-state index contributed by atoms with van der Waals surface area (Å²) in [6, 6.07) is 6.56. The summed E-state index contributed by atoms with van der Waals surface area (Å²) in [5, 5.41) is 0. The average molecular weight is 213 g/mol. The molecule has 84 valence electrons. The lowest BCUT2D eigenvalue weighted by atomic mass is 9.94. The summed E-state index contributed by atoms with van der Waals surface area (Å²) in [6.45, 7) is 2.81. The molecular weight excluding hydrogens is 194 g/mol. The first kappa shape index (κ1) is 11.2. The van der Waals surface area contributed by atoms with Gasteiger partial charge in [0.25, 0.3) is 0 Å². The molecule has 1 nitrogen and oxygen atoms in total. The standard InChI is InChI=1S/C15H19N/c1-12-9-14(11-16)7-8-15(12)10-13-5-3-2-4-6-13/h2-3,5,7-9H,4,6,10-11,16H2,1H3. The Hall–Kier alpha value is -1.34. The van der Waals surface area contributed by atoms with E-state index in [1.165, 1.54) is 35.1 Å². The van der Waals surface area contributed by atoms with Crippen molar-refractivity contribution in [2.45, 2.75) is 32.7 Å². The summed E-state index contributed by atoms with van der Waals surface area (Å²) < 4.78 is 0. The van der Waals surface area contributed by atoms with Crippen LogP contribution in [0.3, 0.4) is 0 Å². The molecule has 1 heteroatoms. The molecule has 0 aromatic heterocycles. The highest BCUT2D eigenvalue weighted by atomic mass is 14.5. The number of nitrogens with two attached hydrogens (primary N) is 1. The summed E-state index contributed by atoms with van der Waals surface area (Å²) in [7, 11) is 0. The van der Waals surface area contributed by atoms with Crippen molar-refractivity contribution >= 4 is 0 Å². The van der Waals surface area contributed by atoms with E-state index in [2.05, 4.69) is 43.4 Å². The largest absolute Gasteiger partial charge is 0.326 e. The summed E-state index contributed by atoms with van der Waals surface area (Å²) in [5.74, 6) is 0. The third-order valence-corrected chi connectivity index (χ3v) is 3.16. The number of benzene rings is 1. The van der Waals surface area contributed by atoms with Gasteiger partial charge < -0.3 is 5.73 Å². The minimum absolute atomic E-state index is 0.632. The Labute approximate surface area is 97.7 Å². The highest BCUT2D eigenvalue weighted by Crippen LogP contribution is 2.20. The van der Waals surface area contributed by atoms with E-state index in [1.807, 2.05) is 0 Å². The Bertz CT molecular complexity index is 427. The first-order valence-corrected chi connectivity index (χ1v) is 5.92. The maximum Gasteiger partial charge on any atom is 0.0178 e. The lowest BCUT2D eigenvalue weighted by molar-refractivity contribution is 0.906. The van der Waals surface area contributed by atoms with Gasteiger partial charge in [-0.1, -0.05) is 42.0 Å². The molecule has 0 atom stereocenters. The molecule has 0 heterocycles. The lowest BCUT2D eigenvalue weighted by Gasteiger charge is -2.12. The van der Waals surface area contributed by atoms with Crippen LogP contribution in [0, 0.1) is 6.92 Å². The normalized spacial score (nSPS) is 15.0. The van der Waals surface area contributed by atoms with Crippen LogP contribution < -0.4 is 5.73 Å². The van der Waals surface area contributed by atoms with Crippen LogP contribution in [0.2, 0.25) is 0 Å². The quantitative estimate of drug-likeness (QED) is 0.819. The zero-order valence-corrected chi connectivity index (χ0v) is 9.87. The van der Waals surface area contributed by atoms with Gasteiger partial charge in [-0.3, -0.25) is 0 Å². The second kappa shape index (κ2) is 5.13. The van der Waals surface area contributed by atoms with E-state index in [4.69, 9.17) is 5.73 Å². The molecule has 2 N–H and O–H groups in total. The van der Waals surface area contributed by atoms with E-state index in [-0.39, 0.29) is 0 Å². The van der Waals surface area contributed by atoms with Crippen molar-refractivity contribution in [3.05, 3.63) is 58.7 Å². The summed E-state index contributed by atoms with van der Waals surface area (Å²) >= 11 is 0. The minimum Gasteiger partial charge on any atom is -0.326 e. The molecule has 0 aliphatic heterocycles. The first-order chi connectivity index (χ1) is 7.79. The van der Waals surface area contributed by atoms with Crippen molar-refractivity contribution < 1.29 is 0 Å². The van der Waals surface area contributed by atoms with Gasteiger partial charge in [-0.05, 0) is 42.9 Å².